The summed E-state index contributed by atoms with van der Waals surface area (Å²) in [5.41, 5.74) is 0.716. The number of hydrogen-bond donors (Lipinski definition) is 2. The summed E-state index contributed by atoms with van der Waals surface area (Å²) in [4.78, 5) is 11.6. The van der Waals surface area contributed by atoms with Gasteiger partial charge in [0.15, 0.2) is 11.5 Å². The van der Waals surface area contributed by atoms with E-state index in [9.17, 15) is 4.79 Å². The number of anilines is 1. The highest BCUT2D eigenvalue weighted by Crippen LogP contribution is 2.30. The molecular weight excluding hydrogens is 244 g/mol. The lowest BCUT2D eigenvalue weighted by Crippen LogP contribution is -2.18. The molecule has 1 amide bonds. The molecule has 0 fully saturated rings. The molecule has 0 bridgehead atoms. The van der Waals surface area contributed by atoms with Gasteiger partial charge in [-0.2, -0.15) is 0 Å². The fourth-order valence-electron chi connectivity index (χ4n) is 1.59. The average Bonchev–Trinajstić information content (AvgIpc) is 2.40. The molecule has 2 N–H and O–H groups in total. The molecule has 1 aromatic rings. The highest BCUT2D eigenvalue weighted by Gasteiger charge is 2.08. The quantitative estimate of drug-likeness (QED) is 0.756. The van der Waals surface area contributed by atoms with E-state index >= 15 is 0 Å². The van der Waals surface area contributed by atoms with Crippen LogP contribution in [-0.2, 0) is 4.79 Å². The highest BCUT2D eigenvalue weighted by atomic mass is 16.5. The Kier molecular flexibility index (Phi) is 6.74. The lowest BCUT2D eigenvalue weighted by atomic mass is 10.2. The smallest absolute Gasteiger partial charge is 0.225 e. The normalized spacial score (nSPS) is 10.1. The molecule has 0 aliphatic rings. The molecule has 0 aliphatic carbocycles. The van der Waals surface area contributed by atoms with Crippen molar-refractivity contribution in [1.29, 1.82) is 0 Å². The maximum absolute atomic E-state index is 11.6. The standard InChI is InChI=1S/C14H22N2O3/c1-4-18-12-7-6-11(10-13(12)19-5-2)16-14(17)8-9-15-3/h6-7,10,15H,4-5,8-9H2,1-3H3,(H,16,17). The van der Waals surface area contributed by atoms with Crippen molar-refractivity contribution in [1.82, 2.24) is 5.32 Å². The largest absolute Gasteiger partial charge is 0.490 e. The van der Waals surface area contributed by atoms with Crippen molar-refractivity contribution in [3.05, 3.63) is 18.2 Å². The monoisotopic (exact) mass is 266 g/mol. The molecule has 5 nitrogen and oxygen atoms in total. The van der Waals surface area contributed by atoms with E-state index in [1.54, 1.807) is 6.07 Å². The van der Waals surface area contributed by atoms with Crippen molar-refractivity contribution in [3.63, 3.8) is 0 Å². The third-order valence-corrected chi connectivity index (χ3v) is 2.43. The van der Waals surface area contributed by atoms with Gasteiger partial charge in [-0.15, -0.1) is 0 Å². The van der Waals surface area contributed by atoms with Gasteiger partial charge in [0.2, 0.25) is 5.91 Å². The third-order valence-electron chi connectivity index (χ3n) is 2.43. The number of amides is 1. The minimum absolute atomic E-state index is 0.0269. The molecule has 0 aliphatic heterocycles. The minimum atomic E-state index is -0.0269. The highest BCUT2D eigenvalue weighted by molar-refractivity contribution is 5.91. The molecule has 1 rings (SSSR count). The van der Waals surface area contributed by atoms with Gasteiger partial charge in [0.1, 0.15) is 0 Å². The maximum atomic E-state index is 11.6. The van der Waals surface area contributed by atoms with Crippen molar-refractivity contribution in [2.24, 2.45) is 0 Å². The maximum Gasteiger partial charge on any atom is 0.225 e. The molecule has 0 saturated carbocycles. The Morgan fingerprint density at radius 2 is 1.84 bits per heavy atom. The molecule has 0 radical (unpaired) electrons. The Balaban J connectivity index is 2.74. The zero-order valence-corrected chi connectivity index (χ0v) is 11.8. The Morgan fingerprint density at radius 3 is 2.47 bits per heavy atom. The zero-order valence-electron chi connectivity index (χ0n) is 11.8. The Hall–Kier alpha value is -1.75. The first-order valence-corrected chi connectivity index (χ1v) is 6.55. The van der Waals surface area contributed by atoms with Crippen LogP contribution < -0.4 is 20.1 Å². The molecule has 106 valence electrons. The summed E-state index contributed by atoms with van der Waals surface area (Å²) in [6.45, 7) is 5.61. The van der Waals surface area contributed by atoms with Crippen LogP contribution in [0.5, 0.6) is 11.5 Å². The predicted octanol–water partition coefficient (Wildman–Crippen LogP) is 2.03. The first-order valence-electron chi connectivity index (χ1n) is 6.55. The number of carbonyl (C=O) groups is 1. The van der Waals surface area contributed by atoms with Crippen LogP contribution in [0.2, 0.25) is 0 Å². The SMILES string of the molecule is CCOc1ccc(NC(=O)CCNC)cc1OCC. The number of hydrogen-bond acceptors (Lipinski definition) is 4. The number of rotatable bonds is 8. The second-order valence-electron chi connectivity index (χ2n) is 3.93. The van der Waals surface area contributed by atoms with Crippen LogP contribution >= 0.6 is 0 Å². The second-order valence-corrected chi connectivity index (χ2v) is 3.93. The Labute approximate surface area is 114 Å². The lowest BCUT2D eigenvalue weighted by molar-refractivity contribution is -0.116. The van der Waals surface area contributed by atoms with Gasteiger partial charge in [0.05, 0.1) is 13.2 Å². The Bertz CT molecular complexity index is 408. The number of carbonyl (C=O) groups excluding carboxylic acids is 1. The molecule has 0 saturated heterocycles. The summed E-state index contributed by atoms with van der Waals surface area (Å²) >= 11 is 0. The predicted molar refractivity (Wildman–Crippen MR) is 76.0 cm³/mol. The number of nitrogens with one attached hydrogen (secondary N) is 2. The van der Waals surface area contributed by atoms with Crippen LogP contribution in [0.25, 0.3) is 0 Å². The van der Waals surface area contributed by atoms with Gasteiger partial charge in [0, 0.05) is 24.7 Å². The van der Waals surface area contributed by atoms with Gasteiger partial charge in [-0.05, 0) is 33.0 Å². The number of ether oxygens (including phenoxy) is 2. The average molecular weight is 266 g/mol. The lowest BCUT2D eigenvalue weighted by Gasteiger charge is -2.13. The van der Waals surface area contributed by atoms with Gasteiger partial charge >= 0.3 is 0 Å². The summed E-state index contributed by atoms with van der Waals surface area (Å²) < 4.78 is 11.0. The van der Waals surface area contributed by atoms with Gasteiger partial charge in [-0.1, -0.05) is 0 Å². The van der Waals surface area contributed by atoms with Crippen LogP contribution in [0.3, 0.4) is 0 Å². The van der Waals surface area contributed by atoms with E-state index in [4.69, 9.17) is 9.47 Å². The van der Waals surface area contributed by atoms with E-state index in [2.05, 4.69) is 10.6 Å². The molecule has 0 atom stereocenters. The summed E-state index contributed by atoms with van der Waals surface area (Å²) in [5.74, 6) is 1.31. The molecule has 0 aromatic heterocycles. The minimum Gasteiger partial charge on any atom is -0.490 e. The Morgan fingerprint density at radius 1 is 1.16 bits per heavy atom. The van der Waals surface area contributed by atoms with Crippen LogP contribution in [0.4, 0.5) is 5.69 Å². The van der Waals surface area contributed by atoms with Crippen molar-refractivity contribution >= 4 is 11.6 Å². The van der Waals surface area contributed by atoms with Crippen LogP contribution in [-0.4, -0.2) is 32.7 Å². The summed E-state index contributed by atoms with van der Waals surface area (Å²) in [7, 11) is 1.82. The van der Waals surface area contributed by atoms with Gasteiger partial charge in [0.25, 0.3) is 0 Å². The van der Waals surface area contributed by atoms with Crippen LogP contribution in [0.1, 0.15) is 20.3 Å². The topological polar surface area (TPSA) is 59.6 Å². The molecule has 0 heterocycles. The van der Waals surface area contributed by atoms with Gasteiger partial charge in [-0.25, -0.2) is 0 Å². The van der Waals surface area contributed by atoms with Crippen molar-refractivity contribution in [2.75, 3.05) is 32.1 Å². The van der Waals surface area contributed by atoms with Gasteiger partial charge in [-0.3, -0.25) is 4.79 Å². The van der Waals surface area contributed by atoms with Crippen molar-refractivity contribution < 1.29 is 14.3 Å². The van der Waals surface area contributed by atoms with E-state index < -0.39 is 0 Å². The van der Waals surface area contributed by atoms with Crippen molar-refractivity contribution in [2.45, 2.75) is 20.3 Å². The van der Waals surface area contributed by atoms with E-state index in [0.717, 1.165) is 0 Å². The van der Waals surface area contributed by atoms with E-state index in [-0.39, 0.29) is 5.91 Å². The van der Waals surface area contributed by atoms with Crippen LogP contribution in [0, 0.1) is 0 Å². The van der Waals surface area contributed by atoms with Gasteiger partial charge < -0.3 is 20.1 Å². The molecule has 1 aromatic carbocycles. The second kappa shape index (κ2) is 8.37. The zero-order chi connectivity index (χ0) is 14.1. The number of benzene rings is 1. The third kappa shape index (κ3) is 5.18. The molecular formula is C14H22N2O3. The summed E-state index contributed by atoms with van der Waals surface area (Å²) in [6.07, 6.45) is 0.438. The fourth-order valence-corrected chi connectivity index (χ4v) is 1.59. The summed E-state index contributed by atoms with van der Waals surface area (Å²) in [5, 5.41) is 5.77. The molecule has 5 heteroatoms. The van der Waals surface area contributed by atoms with E-state index in [1.807, 2.05) is 33.0 Å². The fraction of sp³-hybridized carbons (Fsp3) is 0.500. The van der Waals surface area contributed by atoms with Crippen molar-refractivity contribution in [3.8, 4) is 11.5 Å². The summed E-state index contributed by atoms with van der Waals surface area (Å²) in [6, 6.07) is 5.40. The van der Waals surface area contributed by atoms with Crippen LogP contribution in [0.15, 0.2) is 18.2 Å². The first-order chi connectivity index (χ1) is 9.21. The molecule has 0 unspecified atom stereocenters. The van der Waals surface area contributed by atoms with E-state index in [0.29, 0.717) is 43.4 Å². The van der Waals surface area contributed by atoms with E-state index in [1.165, 1.54) is 0 Å². The molecule has 19 heavy (non-hydrogen) atoms. The first kappa shape index (κ1) is 15.3. The molecule has 0 spiro atoms.